The Balaban J connectivity index is 0.00000225. The number of ether oxygens (including phenoxy) is 2. The number of halogens is 1. The summed E-state index contributed by atoms with van der Waals surface area (Å²) >= 11 is 1.38. The number of hydrogen-bond donors (Lipinski definition) is 2. The van der Waals surface area contributed by atoms with Crippen LogP contribution in [0.3, 0.4) is 0 Å². The maximum absolute atomic E-state index is 12.0. The topological polar surface area (TPSA) is 85.4 Å². The first-order valence-electron chi connectivity index (χ1n) is 7.79. The summed E-state index contributed by atoms with van der Waals surface area (Å²) in [6.07, 6.45) is 1.02. The summed E-state index contributed by atoms with van der Waals surface area (Å²) in [7, 11) is 1.64. The van der Waals surface area contributed by atoms with Gasteiger partial charge in [-0.25, -0.2) is 0 Å². The van der Waals surface area contributed by atoms with Crippen molar-refractivity contribution in [2.45, 2.75) is 18.9 Å². The molecule has 25 heavy (non-hydrogen) atoms. The number of amides is 1. The van der Waals surface area contributed by atoms with Crippen molar-refractivity contribution in [1.29, 1.82) is 0 Å². The number of aromatic nitrogens is 2. The summed E-state index contributed by atoms with van der Waals surface area (Å²) in [6, 6.07) is 7.88. The lowest BCUT2D eigenvalue weighted by Gasteiger charge is -2.22. The quantitative estimate of drug-likeness (QED) is 0.790. The zero-order chi connectivity index (χ0) is 16.8. The normalized spacial score (nSPS) is 16.8. The molecule has 1 saturated heterocycles. The minimum atomic E-state index is -0.0814. The number of morpholine rings is 1. The maximum atomic E-state index is 12.0. The van der Waals surface area contributed by atoms with Crippen LogP contribution in [0.1, 0.15) is 17.0 Å². The largest absolute Gasteiger partial charge is 0.497 e. The third kappa shape index (κ3) is 5.93. The molecule has 2 heterocycles. The Morgan fingerprint density at radius 2 is 2.36 bits per heavy atom. The minimum Gasteiger partial charge on any atom is -0.497 e. The molecule has 3 rings (SSSR count). The highest BCUT2D eigenvalue weighted by Gasteiger charge is 2.18. The fourth-order valence-electron chi connectivity index (χ4n) is 2.48. The van der Waals surface area contributed by atoms with Crippen LogP contribution in [0.25, 0.3) is 0 Å². The zero-order valence-electron chi connectivity index (χ0n) is 13.9. The van der Waals surface area contributed by atoms with Crippen molar-refractivity contribution in [3.05, 3.63) is 34.8 Å². The number of carbonyl (C=O) groups is 1. The third-order valence-electron chi connectivity index (χ3n) is 3.63. The van der Waals surface area contributed by atoms with E-state index in [0.717, 1.165) is 22.9 Å². The predicted octanol–water partition coefficient (Wildman–Crippen LogP) is 1.88. The third-order valence-corrected chi connectivity index (χ3v) is 4.47. The van der Waals surface area contributed by atoms with Gasteiger partial charge in [0.1, 0.15) is 10.8 Å². The molecule has 1 amide bonds. The first kappa shape index (κ1) is 19.6. The van der Waals surface area contributed by atoms with Crippen LogP contribution in [0.5, 0.6) is 5.75 Å². The molecule has 2 aromatic rings. The number of benzene rings is 1. The Morgan fingerprint density at radius 3 is 3.12 bits per heavy atom. The van der Waals surface area contributed by atoms with Gasteiger partial charge < -0.3 is 20.1 Å². The first-order chi connectivity index (χ1) is 11.7. The van der Waals surface area contributed by atoms with Crippen LogP contribution in [-0.2, 0) is 16.0 Å². The molecule has 9 heteroatoms. The molecule has 0 aliphatic carbocycles. The zero-order valence-corrected chi connectivity index (χ0v) is 15.5. The van der Waals surface area contributed by atoms with Crippen LogP contribution < -0.4 is 15.4 Å². The standard InChI is InChI=1S/C16H20N4O3S.ClH/c1-22-13-4-2-3-11(7-13)8-15-19-20-16(24-15)18-14(21)9-12-10-23-6-5-17-12;/h2-4,7,12,17H,5-6,8-10H2,1H3,(H,18,20,21);1H. The number of hydrogen-bond acceptors (Lipinski definition) is 7. The van der Waals surface area contributed by atoms with Crippen molar-refractivity contribution >= 4 is 34.8 Å². The molecule has 1 unspecified atom stereocenters. The van der Waals surface area contributed by atoms with E-state index >= 15 is 0 Å². The predicted molar refractivity (Wildman–Crippen MR) is 98.8 cm³/mol. The van der Waals surface area contributed by atoms with Crippen molar-refractivity contribution < 1.29 is 14.3 Å². The average molecular weight is 385 g/mol. The van der Waals surface area contributed by atoms with Gasteiger partial charge in [-0.1, -0.05) is 23.5 Å². The Bertz CT molecular complexity index is 692. The molecule has 1 atom stereocenters. The highest BCUT2D eigenvalue weighted by Crippen LogP contribution is 2.21. The van der Waals surface area contributed by atoms with Gasteiger partial charge in [-0.05, 0) is 17.7 Å². The lowest BCUT2D eigenvalue weighted by molar-refractivity contribution is -0.117. The SMILES string of the molecule is COc1cccc(Cc2nnc(NC(=O)CC3COCCN3)s2)c1.Cl. The van der Waals surface area contributed by atoms with Crippen molar-refractivity contribution in [2.24, 2.45) is 0 Å². The van der Waals surface area contributed by atoms with Gasteiger partial charge in [0.25, 0.3) is 0 Å². The fraction of sp³-hybridized carbons (Fsp3) is 0.438. The lowest BCUT2D eigenvalue weighted by Crippen LogP contribution is -2.43. The number of methoxy groups -OCH3 is 1. The molecular weight excluding hydrogens is 364 g/mol. The number of nitrogens with zero attached hydrogens (tertiary/aromatic N) is 2. The molecule has 1 aliphatic heterocycles. The highest BCUT2D eigenvalue weighted by molar-refractivity contribution is 7.15. The van der Waals surface area contributed by atoms with Gasteiger partial charge >= 0.3 is 0 Å². The molecule has 0 spiro atoms. The molecule has 0 bridgehead atoms. The molecule has 1 aromatic carbocycles. The van der Waals surface area contributed by atoms with Crippen molar-refractivity contribution in [1.82, 2.24) is 15.5 Å². The molecule has 1 aromatic heterocycles. The van der Waals surface area contributed by atoms with Crippen LogP contribution in [0, 0.1) is 0 Å². The number of rotatable bonds is 6. The summed E-state index contributed by atoms with van der Waals surface area (Å²) in [5.41, 5.74) is 1.09. The van der Waals surface area contributed by atoms with E-state index in [0.29, 0.717) is 31.2 Å². The van der Waals surface area contributed by atoms with E-state index in [1.165, 1.54) is 11.3 Å². The number of nitrogens with one attached hydrogen (secondary N) is 2. The van der Waals surface area contributed by atoms with Gasteiger partial charge in [0, 0.05) is 25.4 Å². The van der Waals surface area contributed by atoms with Gasteiger partial charge in [-0.3, -0.25) is 4.79 Å². The molecule has 136 valence electrons. The fourth-order valence-corrected chi connectivity index (χ4v) is 3.27. The van der Waals surface area contributed by atoms with E-state index in [9.17, 15) is 4.79 Å². The van der Waals surface area contributed by atoms with Crippen molar-refractivity contribution in [3.63, 3.8) is 0 Å². The summed E-state index contributed by atoms with van der Waals surface area (Å²) in [5, 5.41) is 15.6. The van der Waals surface area contributed by atoms with Crippen LogP contribution in [0.15, 0.2) is 24.3 Å². The van der Waals surface area contributed by atoms with Crippen LogP contribution in [-0.4, -0.2) is 49.0 Å². The maximum Gasteiger partial charge on any atom is 0.227 e. The van der Waals surface area contributed by atoms with E-state index in [-0.39, 0.29) is 24.4 Å². The van der Waals surface area contributed by atoms with Crippen molar-refractivity contribution in [3.8, 4) is 5.75 Å². The minimum absolute atomic E-state index is 0. The highest BCUT2D eigenvalue weighted by atomic mass is 35.5. The Hall–Kier alpha value is -1.74. The number of anilines is 1. The Kier molecular flexibility index (Phi) is 7.57. The second-order valence-corrected chi connectivity index (χ2v) is 6.57. The summed E-state index contributed by atoms with van der Waals surface area (Å²) in [5.74, 6) is 0.731. The molecule has 0 radical (unpaired) electrons. The smallest absolute Gasteiger partial charge is 0.227 e. The molecule has 0 saturated carbocycles. The summed E-state index contributed by atoms with van der Waals surface area (Å²) in [4.78, 5) is 12.0. The molecule has 7 nitrogen and oxygen atoms in total. The molecule has 1 fully saturated rings. The van der Waals surface area contributed by atoms with Gasteiger partial charge in [0.15, 0.2) is 0 Å². The molecule has 2 N–H and O–H groups in total. The summed E-state index contributed by atoms with van der Waals surface area (Å²) < 4.78 is 10.6. The average Bonchev–Trinajstić information content (AvgIpc) is 3.02. The monoisotopic (exact) mass is 384 g/mol. The van der Waals surface area contributed by atoms with Gasteiger partial charge in [-0.2, -0.15) is 0 Å². The second kappa shape index (κ2) is 9.67. The van der Waals surface area contributed by atoms with E-state index in [1.807, 2.05) is 24.3 Å². The van der Waals surface area contributed by atoms with Crippen LogP contribution in [0.4, 0.5) is 5.13 Å². The lowest BCUT2D eigenvalue weighted by atomic mass is 10.1. The van der Waals surface area contributed by atoms with E-state index in [4.69, 9.17) is 9.47 Å². The van der Waals surface area contributed by atoms with Gasteiger partial charge in [-0.15, -0.1) is 22.6 Å². The Labute approximate surface area is 156 Å². The van der Waals surface area contributed by atoms with E-state index in [1.54, 1.807) is 7.11 Å². The Morgan fingerprint density at radius 1 is 1.48 bits per heavy atom. The first-order valence-corrected chi connectivity index (χ1v) is 8.61. The van der Waals surface area contributed by atoms with E-state index in [2.05, 4.69) is 20.8 Å². The van der Waals surface area contributed by atoms with Gasteiger partial charge in [0.05, 0.1) is 20.3 Å². The van der Waals surface area contributed by atoms with E-state index < -0.39 is 0 Å². The second-order valence-electron chi connectivity index (χ2n) is 5.51. The summed E-state index contributed by atoms with van der Waals surface area (Å²) in [6.45, 7) is 2.04. The molecule has 1 aliphatic rings. The van der Waals surface area contributed by atoms with Crippen molar-refractivity contribution in [2.75, 3.05) is 32.2 Å². The molecular formula is C16H21ClN4O3S. The van der Waals surface area contributed by atoms with Gasteiger partial charge in [0.2, 0.25) is 11.0 Å². The number of carbonyl (C=O) groups excluding carboxylic acids is 1. The van der Waals surface area contributed by atoms with Crippen LogP contribution >= 0.6 is 23.7 Å². The van der Waals surface area contributed by atoms with Crippen LogP contribution in [0.2, 0.25) is 0 Å².